The van der Waals surface area contributed by atoms with E-state index in [-0.39, 0.29) is 5.41 Å². The molecule has 11 rings (SSSR count). The van der Waals surface area contributed by atoms with Crippen LogP contribution < -0.4 is 4.90 Å². The number of rotatable bonds is 6. The summed E-state index contributed by atoms with van der Waals surface area (Å²) in [6.45, 7) is 9.12. The number of benzene rings is 9. The standard InChI is InChI=1S/C57H44N2/c1-37-19-25-43(26-20-37)58(44-27-21-38(2)22-28-44)45-29-30-48-51(35-45)57(3,4)52-36-55(46-17-11-12-18-47(46)56(48)52)59-53-31-23-41(39-13-7-5-8-14-39)33-49(53)50-34-42(24-32-54(50)59)40-15-9-6-10-16-40/h5-36H,1-4H3. The molecule has 0 saturated heterocycles. The van der Waals surface area contributed by atoms with Gasteiger partial charge in [0.25, 0.3) is 0 Å². The molecule has 9 aromatic carbocycles. The Morgan fingerprint density at radius 3 is 1.42 bits per heavy atom. The second-order valence-corrected chi connectivity index (χ2v) is 16.8. The van der Waals surface area contributed by atoms with Gasteiger partial charge >= 0.3 is 0 Å². The molecule has 1 aliphatic carbocycles. The molecule has 0 bridgehead atoms. The minimum atomic E-state index is -0.259. The molecule has 0 fully saturated rings. The Morgan fingerprint density at radius 1 is 0.390 bits per heavy atom. The van der Waals surface area contributed by atoms with Crippen LogP contribution in [0, 0.1) is 13.8 Å². The van der Waals surface area contributed by atoms with E-state index in [1.165, 1.54) is 93.9 Å². The predicted molar refractivity (Wildman–Crippen MR) is 251 cm³/mol. The molecule has 1 aliphatic rings. The topological polar surface area (TPSA) is 8.17 Å². The molecule has 2 heteroatoms. The van der Waals surface area contributed by atoms with Crippen molar-refractivity contribution >= 4 is 49.6 Å². The average molecular weight is 757 g/mol. The van der Waals surface area contributed by atoms with Crippen molar-refractivity contribution in [2.24, 2.45) is 0 Å². The van der Waals surface area contributed by atoms with Gasteiger partial charge in [0.1, 0.15) is 0 Å². The molecule has 1 heterocycles. The van der Waals surface area contributed by atoms with Crippen molar-refractivity contribution in [3.05, 3.63) is 216 Å². The Bertz CT molecular complexity index is 3080. The summed E-state index contributed by atoms with van der Waals surface area (Å²) in [5.74, 6) is 0. The second-order valence-electron chi connectivity index (χ2n) is 16.8. The minimum absolute atomic E-state index is 0.259. The Hall–Kier alpha value is -7.16. The highest BCUT2D eigenvalue weighted by molar-refractivity contribution is 6.14. The highest BCUT2D eigenvalue weighted by Crippen LogP contribution is 2.54. The number of anilines is 3. The Labute approximate surface area is 346 Å². The molecule has 59 heavy (non-hydrogen) atoms. The zero-order chi connectivity index (χ0) is 39.8. The van der Waals surface area contributed by atoms with Crippen LogP contribution in [-0.2, 0) is 5.41 Å². The second kappa shape index (κ2) is 13.5. The fraction of sp³-hybridized carbons (Fsp3) is 0.0877. The van der Waals surface area contributed by atoms with Crippen LogP contribution in [0.1, 0.15) is 36.1 Å². The average Bonchev–Trinajstić information content (AvgIpc) is 3.72. The van der Waals surface area contributed by atoms with Gasteiger partial charge in [-0.25, -0.2) is 0 Å². The maximum atomic E-state index is 2.53. The summed E-state index contributed by atoms with van der Waals surface area (Å²) in [5, 5.41) is 5.04. The minimum Gasteiger partial charge on any atom is -0.310 e. The number of fused-ring (bicyclic) bond motifs is 8. The first kappa shape index (κ1) is 35.0. The Balaban J connectivity index is 1.13. The lowest BCUT2D eigenvalue weighted by Gasteiger charge is -2.28. The summed E-state index contributed by atoms with van der Waals surface area (Å²) in [5.41, 5.74) is 19.6. The first-order chi connectivity index (χ1) is 28.8. The van der Waals surface area contributed by atoms with Gasteiger partial charge in [-0.3, -0.25) is 0 Å². The van der Waals surface area contributed by atoms with Gasteiger partial charge < -0.3 is 9.47 Å². The van der Waals surface area contributed by atoms with E-state index in [4.69, 9.17) is 0 Å². The van der Waals surface area contributed by atoms with E-state index in [9.17, 15) is 0 Å². The van der Waals surface area contributed by atoms with Crippen LogP contribution in [0.15, 0.2) is 194 Å². The molecule has 0 radical (unpaired) electrons. The largest absolute Gasteiger partial charge is 0.310 e. The Kier molecular flexibility index (Phi) is 8.00. The van der Waals surface area contributed by atoms with Crippen LogP contribution in [-0.4, -0.2) is 4.57 Å². The fourth-order valence-corrected chi connectivity index (χ4v) is 9.61. The van der Waals surface area contributed by atoms with Crippen LogP contribution in [0.5, 0.6) is 0 Å². The number of hydrogen-bond donors (Lipinski definition) is 0. The Morgan fingerprint density at radius 2 is 0.881 bits per heavy atom. The fourth-order valence-electron chi connectivity index (χ4n) is 9.61. The monoisotopic (exact) mass is 756 g/mol. The van der Waals surface area contributed by atoms with Crippen LogP contribution in [0.2, 0.25) is 0 Å². The van der Waals surface area contributed by atoms with Crippen molar-refractivity contribution in [2.45, 2.75) is 33.1 Å². The summed E-state index contributed by atoms with van der Waals surface area (Å²) < 4.78 is 2.53. The van der Waals surface area contributed by atoms with Gasteiger partial charge in [-0.2, -0.15) is 0 Å². The summed E-state index contributed by atoms with van der Waals surface area (Å²) in [6.07, 6.45) is 0. The van der Waals surface area contributed by atoms with E-state index < -0.39 is 0 Å². The van der Waals surface area contributed by atoms with E-state index in [0.717, 1.165) is 17.1 Å². The van der Waals surface area contributed by atoms with Gasteiger partial charge in [0, 0.05) is 38.6 Å². The first-order valence-electron chi connectivity index (χ1n) is 20.7. The number of nitrogens with zero attached hydrogens (tertiary/aromatic N) is 2. The maximum Gasteiger partial charge on any atom is 0.0544 e. The van der Waals surface area contributed by atoms with Gasteiger partial charge in [0.05, 0.1) is 16.7 Å². The third kappa shape index (κ3) is 5.62. The zero-order valence-electron chi connectivity index (χ0n) is 33.9. The van der Waals surface area contributed by atoms with Crippen LogP contribution >= 0.6 is 0 Å². The maximum absolute atomic E-state index is 2.53. The number of aromatic nitrogens is 1. The van der Waals surface area contributed by atoms with Crippen molar-refractivity contribution in [3.8, 4) is 39.1 Å². The van der Waals surface area contributed by atoms with Gasteiger partial charge in [-0.05, 0) is 130 Å². The van der Waals surface area contributed by atoms with Crippen molar-refractivity contribution in [2.75, 3.05) is 4.90 Å². The summed E-state index contributed by atoms with van der Waals surface area (Å²) in [6, 6.07) is 71.9. The molecule has 282 valence electrons. The zero-order valence-corrected chi connectivity index (χ0v) is 33.9. The van der Waals surface area contributed by atoms with E-state index in [1.54, 1.807) is 0 Å². The number of hydrogen-bond acceptors (Lipinski definition) is 1. The molecule has 0 saturated carbocycles. The summed E-state index contributed by atoms with van der Waals surface area (Å²) in [7, 11) is 0. The molecule has 0 N–H and O–H groups in total. The SMILES string of the molecule is Cc1ccc(N(c2ccc(C)cc2)c2ccc3c(c2)C(C)(C)c2cc(-n4c5ccc(-c6ccccc6)cc5c5cc(-c6ccccc6)ccc54)c4ccccc4c2-3)cc1. The smallest absolute Gasteiger partial charge is 0.0544 e. The first-order valence-corrected chi connectivity index (χ1v) is 20.7. The molecule has 2 nitrogen and oxygen atoms in total. The highest BCUT2D eigenvalue weighted by atomic mass is 15.1. The molecule has 0 atom stereocenters. The summed E-state index contributed by atoms with van der Waals surface area (Å²) >= 11 is 0. The molecule has 1 aromatic heterocycles. The lowest BCUT2D eigenvalue weighted by molar-refractivity contribution is 0.660. The molecule has 0 amide bonds. The summed E-state index contributed by atoms with van der Waals surface area (Å²) in [4.78, 5) is 2.40. The van der Waals surface area contributed by atoms with Crippen LogP contribution in [0.25, 0.3) is 71.6 Å². The quantitative estimate of drug-likeness (QED) is 0.164. The van der Waals surface area contributed by atoms with E-state index in [2.05, 4.69) is 231 Å². The van der Waals surface area contributed by atoms with E-state index >= 15 is 0 Å². The van der Waals surface area contributed by atoms with E-state index in [0.29, 0.717) is 0 Å². The predicted octanol–water partition coefficient (Wildman–Crippen LogP) is 15.7. The number of aryl methyl sites for hydroxylation is 2. The van der Waals surface area contributed by atoms with Gasteiger partial charge in [0.2, 0.25) is 0 Å². The van der Waals surface area contributed by atoms with Gasteiger partial charge in [-0.1, -0.05) is 152 Å². The highest BCUT2D eigenvalue weighted by Gasteiger charge is 2.38. The normalized spacial score (nSPS) is 12.9. The van der Waals surface area contributed by atoms with Crippen LogP contribution in [0.4, 0.5) is 17.1 Å². The van der Waals surface area contributed by atoms with Crippen molar-refractivity contribution in [1.82, 2.24) is 4.57 Å². The molecule has 0 unspecified atom stereocenters. The molecular weight excluding hydrogens is 713 g/mol. The molecule has 0 spiro atoms. The third-order valence-corrected chi connectivity index (χ3v) is 12.7. The third-order valence-electron chi connectivity index (χ3n) is 12.7. The lowest BCUT2D eigenvalue weighted by Crippen LogP contribution is -2.17. The molecule has 0 aliphatic heterocycles. The van der Waals surface area contributed by atoms with Gasteiger partial charge in [-0.15, -0.1) is 0 Å². The molecular formula is C57H44N2. The lowest BCUT2D eigenvalue weighted by atomic mass is 9.81. The van der Waals surface area contributed by atoms with Gasteiger partial charge in [0.15, 0.2) is 0 Å². The van der Waals surface area contributed by atoms with Crippen molar-refractivity contribution in [1.29, 1.82) is 0 Å². The van der Waals surface area contributed by atoms with Crippen molar-refractivity contribution < 1.29 is 0 Å². The van der Waals surface area contributed by atoms with E-state index in [1.807, 2.05) is 0 Å². The van der Waals surface area contributed by atoms with Crippen LogP contribution in [0.3, 0.4) is 0 Å². The molecule has 10 aromatic rings. The van der Waals surface area contributed by atoms with Crippen molar-refractivity contribution in [3.63, 3.8) is 0 Å².